The molecule has 192 valence electrons. The number of aryl methyl sites for hydroxylation is 1. The normalized spacial score (nSPS) is 16.9. The van der Waals surface area contributed by atoms with Crippen molar-refractivity contribution in [3.8, 4) is 17.2 Å². The molecule has 1 unspecified atom stereocenters. The van der Waals surface area contributed by atoms with Crippen molar-refractivity contribution in [3.63, 3.8) is 0 Å². The number of methoxy groups -OCH3 is 2. The van der Waals surface area contributed by atoms with E-state index in [2.05, 4.69) is 6.58 Å². The van der Waals surface area contributed by atoms with Gasteiger partial charge in [-0.15, -0.1) is 0 Å². The highest BCUT2D eigenvalue weighted by molar-refractivity contribution is 6.46. The molecule has 1 fully saturated rings. The van der Waals surface area contributed by atoms with Crippen molar-refractivity contribution in [1.29, 1.82) is 0 Å². The van der Waals surface area contributed by atoms with E-state index in [0.717, 1.165) is 6.54 Å². The molecule has 3 rings (SSSR count). The second-order valence-electron chi connectivity index (χ2n) is 8.84. The molecular weight excluding hydrogens is 460 g/mol. The molecule has 0 spiro atoms. The minimum Gasteiger partial charge on any atom is -0.507 e. The summed E-state index contributed by atoms with van der Waals surface area (Å²) in [6, 6.07) is 9.65. The molecule has 0 radical (unpaired) electrons. The first-order valence-corrected chi connectivity index (χ1v) is 11.7. The first kappa shape index (κ1) is 26.8. The number of benzene rings is 2. The summed E-state index contributed by atoms with van der Waals surface area (Å²) in [6.45, 7) is 6.90. The molecule has 0 bridgehead atoms. The van der Waals surface area contributed by atoms with Gasteiger partial charge in [0.25, 0.3) is 11.7 Å². The SMILES string of the molecule is C=CCOc1ccc(C(O)=C2C(=O)C(=O)N(CCCN(C)C)C2c2ccc(OC)c(OC)c2)c(C)c1. The van der Waals surface area contributed by atoms with E-state index in [-0.39, 0.29) is 11.3 Å². The Kier molecular flexibility index (Phi) is 8.77. The number of hydrogen-bond acceptors (Lipinski definition) is 7. The third kappa shape index (κ3) is 5.54. The van der Waals surface area contributed by atoms with Gasteiger partial charge in [-0.3, -0.25) is 9.59 Å². The van der Waals surface area contributed by atoms with Crippen molar-refractivity contribution in [1.82, 2.24) is 9.80 Å². The maximum atomic E-state index is 13.3. The number of ketones is 1. The zero-order valence-corrected chi connectivity index (χ0v) is 21.5. The molecule has 1 heterocycles. The first-order valence-electron chi connectivity index (χ1n) is 11.7. The third-order valence-corrected chi connectivity index (χ3v) is 6.09. The zero-order valence-electron chi connectivity index (χ0n) is 21.5. The van der Waals surface area contributed by atoms with Crippen LogP contribution in [0.5, 0.6) is 17.2 Å². The van der Waals surface area contributed by atoms with Crippen molar-refractivity contribution < 1.29 is 28.9 Å². The van der Waals surface area contributed by atoms with Gasteiger partial charge < -0.3 is 29.1 Å². The van der Waals surface area contributed by atoms with Crippen LogP contribution in [0.3, 0.4) is 0 Å². The lowest BCUT2D eigenvalue weighted by Crippen LogP contribution is -2.32. The van der Waals surface area contributed by atoms with Crippen LogP contribution in [-0.4, -0.2) is 74.6 Å². The highest BCUT2D eigenvalue weighted by Crippen LogP contribution is 2.42. The van der Waals surface area contributed by atoms with Gasteiger partial charge in [-0.2, -0.15) is 0 Å². The average molecular weight is 495 g/mol. The molecule has 1 aliphatic rings. The number of likely N-dealkylation sites (tertiary alicyclic amines) is 1. The highest BCUT2D eigenvalue weighted by Gasteiger charge is 2.46. The maximum Gasteiger partial charge on any atom is 0.295 e. The summed E-state index contributed by atoms with van der Waals surface area (Å²) in [5.74, 6) is 0.0216. The lowest BCUT2D eigenvalue weighted by molar-refractivity contribution is -0.139. The number of carbonyl (C=O) groups is 2. The number of hydrogen-bond donors (Lipinski definition) is 1. The summed E-state index contributed by atoms with van der Waals surface area (Å²) in [7, 11) is 6.96. The number of ether oxygens (including phenoxy) is 3. The summed E-state index contributed by atoms with van der Waals surface area (Å²) in [5.41, 5.74) is 1.85. The minimum absolute atomic E-state index is 0.0416. The van der Waals surface area contributed by atoms with Gasteiger partial charge in [0, 0.05) is 12.1 Å². The van der Waals surface area contributed by atoms with Gasteiger partial charge in [0.05, 0.1) is 25.8 Å². The molecule has 2 aromatic rings. The summed E-state index contributed by atoms with van der Waals surface area (Å²) in [5, 5.41) is 11.4. The summed E-state index contributed by atoms with van der Waals surface area (Å²) in [6.07, 6.45) is 2.31. The molecule has 8 heteroatoms. The Morgan fingerprint density at radius 3 is 2.44 bits per heavy atom. The second kappa shape index (κ2) is 11.8. The summed E-state index contributed by atoms with van der Waals surface area (Å²) in [4.78, 5) is 30.0. The van der Waals surface area contributed by atoms with Crippen LogP contribution in [0.15, 0.2) is 54.6 Å². The molecule has 1 saturated heterocycles. The van der Waals surface area contributed by atoms with Gasteiger partial charge in [-0.05, 0) is 75.4 Å². The predicted octanol–water partition coefficient (Wildman–Crippen LogP) is 3.95. The summed E-state index contributed by atoms with van der Waals surface area (Å²) >= 11 is 0. The Balaban J connectivity index is 2.13. The minimum atomic E-state index is -0.775. The van der Waals surface area contributed by atoms with Crippen molar-refractivity contribution in [2.45, 2.75) is 19.4 Å². The van der Waals surface area contributed by atoms with Crippen LogP contribution >= 0.6 is 0 Å². The van der Waals surface area contributed by atoms with E-state index >= 15 is 0 Å². The zero-order chi connectivity index (χ0) is 26.4. The molecule has 1 amide bonds. The predicted molar refractivity (Wildman–Crippen MR) is 139 cm³/mol. The number of aliphatic hydroxyl groups is 1. The molecule has 1 atom stereocenters. The second-order valence-corrected chi connectivity index (χ2v) is 8.84. The average Bonchev–Trinajstić information content (AvgIpc) is 3.11. The Hall–Kier alpha value is -3.78. The van der Waals surface area contributed by atoms with E-state index in [4.69, 9.17) is 14.2 Å². The number of rotatable bonds is 11. The largest absolute Gasteiger partial charge is 0.507 e. The van der Waals surface area contributed by atoms with Crippen LogP contribution in [0, 0.1) is 6.92 Å². The van der Waals surface area contributed by atoms with E-state index in [1.807, 2.05) is 25.9 Å². The maximum absolute atomic E-state index is 13.3. The van der Waals surface area contributed by atoms with Crippen LogP contribution in [-0.2, 0) is 9.59 Å². The molecule has 0 aliphatic carbocycles. The Morgan fingerprint density at radius 2 is 1.83 bits per heavy atom. The van der Waals surface area contributed by atoms with Gasteiger partial charge in [0.2, 0.25) is 0 Å². The van der Waals surface area contributed by atoms with Crippen LogP contribution in [0.1, 0.15) is 29.2 Å². The molecule has 8 nitrogen and oxygen atoms in total. The van der Waals surface area contributed by atoms with E-state index in [9.17, 15) is 14.7 Å². The van der Waals surface area contributed by atoms with E-state index < -0.39 is 17.7 Å². The van der Waals surface area contributed by atoms with E-state index in [1.54, 1.807) is 42.5 Å². The number of Topliss-reactive ketones (excluding diaryl/α,β-unsaturated/α-hetero) is 1. The van der Waals surface area contributed by atoms with Gasteiger partial charge >= 0.3 is 0 Å². The number of amides is 1. The Morgan fingerprint density at radius 1 is 1.11 bits per heavy atom. The monoisotopic (exact) mass is 494 g/mol. The van der Waals surface area contributed by atoms with Crippen LogP contribution in [0.25, 0.3) is 5.76 Å². The molecule has 1 N–H and O–H groups in total. The topological polar surface area (TPSA) is 88.5 Å². The van der Waals surface area contributed by atoms with Crippen LogP contribution in [0.2, 0.25) is 0 Å². The van der Waals surface area contributed by atoms with Crippen molar-refractivity contribution in [3.05, 3.63) is 71.3 Å². The molecular formula is C28H34N2O6. The molecule has 0 aromatic heterocycles. The lowest BCUT2D eigenvalue weighted by Gasteiger charge is -2.26. The lowest BCUT2D eigenvalue weighted by atomic mass is 9.93. The van der Waals surface area contributed by atoms with Gasteiger partial charge in [-0.1, -0.05) is 18.7 Å². The van der Waals surface area contributed by atoms with E-state index in [1.165, 1.54) is 19.1 Å². The molecule has 1 aliphatic heterocycles. The molecule has 36 heavy (non-hydrogen) atoms. The molecule has 2 aromatic carbocycles. The number of aliphatic hydroxyl groups excluding tert-OH is 1. The van der Waals surface area contributed by atoms with E-state index in [0.29, 0.717) is 53.5 Å². The van der Waals surface area contributed by atoms with Gasteiger partial charge in [0.15, 0.2) is 11.5 Å². The smallest absolute Gasteiger partial charge is 0.295 e. The van der Waals surface area contributed by atoms with Crippen molar-refractivity contribution in [2.24, 2.45) is 0 Å². The van der Waals surface area contributed by atoms with Crippen molar-refractivity contribution >= 4 is 17.4 Å². The fraction of sp³-hybridized carbons (Fsp3) is 0.357. The number of carbonyl (C=O) groups excluding carboxylic acids is 2. The quantitative estimate of drug-likeness (QED) is 0.219. The van der Waals surface area contributed by atoms with Gasteiger partial charge in [0.1, 0.15) is 18.1 Å². The van der Waals surface area contributed by atoms with Crippen molar-refractivity contribution in [2.75, 3.05) is 48.0 Å². The molecule has 0 saturated carbocycles. The highest BCUT2D eigenvalue weighted by atomic mass is 16.5. The standard InChI is InChI=1S/C28H34N2O6/c1-7-15-36-20-10-11-21(18(2)16-20)26(31)24-25(19-9-12-22(34-5)23(17-19)35-6)30(28(33)27(24)32)14-8-13-29(3)4/h7,9-12,16-17,25,31H,1,8,13-15H2,2-6H3. The number of nitrogens with zero attached hydrogens (tertiary/aromatic N) is 2. The van der Waals surface area contributed by atoms with Crippen LogP contribution < -0.4 is 14.2 Å². The Bertz CT molecular complexity index is 1170. The fourth-order valence-electron chi connectivity index (χ4n) is 4.33. The third-order valence-electron chi connectivity index (χ3n) is 6.09. The Labute approximate surface area is 212 Å². The van der Waals surface area contributed by atoms with Crippen LogP contribution in [0.4, 0.5) is 0 Å². The fourth-order valence-corrected chi connectivity index (χ4v) is 4.33. The summed E-state index contributed by atoms with van der Waals surface area (Å²) < 4.78 is 16.4. The van der Waals surface area contributed by atoms with Gasteiger partial charge in [-0.25, -0.2) is 0 Å². The first-order chi connectivity index (χ1) is 17.2.